The van der Waals surface area contributed by atoms with E-state index in [4.69, 9.17) is 24.4 Å². The van der Waals surface area contributed by atoms with Crippen LogP contribution in [-0.4, -0.2) is 88.3 Å². The third-order valence-corrected chi connectivity index (χ3v) is 7.70. The van der Waals surface area contributed by atoms with Crippen LogP contribution in [0.5, 0.6) is 0 Å². The van der Waals surface area contributed by atoms with Crippen LogP contribution < -0.4 is 15.5 Å². The predicted molar refractivity (Wildman–Crippen MR) is 154 cm³/mol. The largest absolute Gasteiger partial charge is 0.379 e. The van der Waals surface area contributed by atoms with E-state index in [-0.39, 0.29) is 6.03 Å². The molecule has 0 bridgehead atoms. The average molecular weight is 562 g/mol. The van der Waals surface area contributed by atoms with Crippen molar-refractivity contribution < 1.29 is 14.3 Å². The number of urea groups is 1. The lowest BCUT2D eigenvalue weighted by atomic mass is 10.2. The van der Waals surface area contributed by atoms with E-state index in [0.29, 0.717) is 42.3 Å². The van der Waals surface area contributed by atoms with Gasteiger partial charge in [0.1, 0.15) is 0 Å². The van der Waals surface area contributed by atoms with Crippen molar-refractivity contribution in [2.45, 2.75) is 6.54 Å². The summed E-state index contributed by atoms with van der Waals surface area (Å²) in [5.74, 6) is 2.36. The van der Waals surface area contributed by atoms with Gasteiger partial charge in [0.2, 0.25) is 5.95 Å². The van der Waals surface area contributed by atoms with Gasteiger partial charge in [-0.15, -0.1) is 11.3 Å². The van der Waals surface area contributed by atoms with E-state index in [9.17, 15) is 4.79 Å². The molecule has 2 aliphatic heterocycles. The van der Waals surface area contributed by atoms with Crippen LogP contribution in [0.15, 0.2) is 48.7 Å². The van der Waals surface area contributed by atoms with E-state index in [2.05, 4.69) is 37.7 Å². The lowest BCUT2D eigenvalue weighted by Crippen LogP contribution is -2.37. The monoisotopic (exact) mass is 561 g/mol. The summed E-state index contributed by atoms with van der Waals surface area (Å²) in [6, 6.07) is 13.1. The van der Waals surface area contributed by atoms with Crippen LogP contribution in [0, 0.1) is 0 Å². The Labute approximate surface area is 236 Å². The van der Waals surface area contributed by atoms with Crippen LogP contribution in [0.3, 0.4) is 0 Å². The second-order valence-electron chi connectivity index (χ2n) is 9.57. The fraction of sp³-hybridized carbons (Fsp3) is 0.370. The van der Waals surface area contributed by atoms with Crippen LogP contribution in [0.25, 0.3) is 22.1 Å². The number of amides is 2. The average Bonchev–Trinajstić information content (AvgIpc) is 3.62. The van der Waals surface area contributed by atoms with E-state index < -0.39 is 0 Å². The van der Waals surface area contributed by atoms with Gasteiger partial charge in [-0.05, 0) is 36.4 Å². The number of carbonyl (C=O) groups is 1. The molecule has 5 heterocycles. The third-order valence-electron chi connectivity index (χ3n) is 6.64. The Balaban J connectivity index is 1.22. The summed E-state index contributed by atoms with van der Waals surface area (Å²) in [4.78, 5) is 33.7. The van der Waals surface area contributed by atoms with Crippen LogP contribution in [-0.2, 0) is 23.1 Å². The Hall–Kier alpha value is -3.91. The third kappa shape index (κ3) is 6.45. The number of aryl methyl sites for hydroxylation is 1. The van der Waals surface area contributed by atoms with Gasteiger partial charge in [-0.2, -0.15) is 15.1 Å². The number of benzene rings is 1. The second kappa shape index (κ2) is 12.1. The minimum absolute atomic E-state index is 0.367. The highest BCUT2D eigenvalue weighted by Crippen LogP contribution is 2.30. The highest BCUT2D eigenvalue weighted by atomic mass is 32.1. The molecule has 12 nitrogen and oxygen atoms in total. The molecular formula is C27H31N9O3S. The first-order valence-corrected chi connectivity index (χ1v) is 14.1. The lowest BCUT2D eigenvalue weighted by Gasteiger charge is -2.27. The maximum Gasteiger partial charge on any atom is 0.324 e. The Kier molecular flexibility index (Phi) is 7.95. The number of aromatic nitrogens is 5. The molecule has 2 saturated heterocycles. The molecule has 1 aromatic carbocycles. The molecular weight excluding hydrogens is 530 g/mol. The highest BCUT2D eigenvalue weighted by molar-refractivity contribution is 7.15. The van der Waals surface area contributed by atoms with Gasteiger partial charge in [-0.1, -0.05) is 0 Å². The molecule has 0 unspecified atom stereocenters. The maximum absolute atomic E-state index is 12.4. The number of hydrogen-bond donors (Lipinski definition) is 2. The SMILES string of the molecule is Cn1ccc(NC(=O)Nc2ccc(-c3nc(-c4ccc(CN5CCOCC5)s4)nc(N4CCOCC4)n3)cc2)n1. The molecule has 2 amide bonds. The zero-order valence-electron chi connectivity index (χ0n) is 22.2. The molecule has 2 aliphatic rings. The molecule has 3 aromatic heterocycles. The summed E-state index contributed by atoms with van der Waals surface area (Å²) >= 11 is 1.71. The van der Waals surface area contributed by atoms with Gasteiger partial charge in [0, 0.05) is 68.2 Å². The minimum Gasteiger partial charge on any atom is -0.379 e. The zero-order valence-corrected chi connectivity index (χ0v) is 23.1. The standard InChI is InChI=1S/C27H31N9O3S/c1-34-9-8-23(33-34)29-27(37)28-20-4-2-19(3-5-20)24-30-25(32-26(31-24)36-12-16-39-17-13-36)22-7-6-21(40-22)18-35-10-14-38-15-11-35/h2-9H,10-18H2,1H3,(H2,28,29,33,37). The number of anilines is 3. The molecule has 2 fully saturated rings. The van der Waals surface area contributed by atoms with E-state index >= 15 is 0 Å². The van der Waals surface area contributed by atoms with Crippen LogP contribution in [0.2, 0.25) is 0 Å². The summed E-state index contributed by atoms with van der Waals surface area (Å²) < 4.78 is 12.6. The highest BCUT2D eigenvalue weighted by Gasteiger charge is 2.20. The normalized spacial score (nSPS) is 16.2. The quantitative estimate of drug-likeness (QED) is 0.350. The fourth-order valence-electron chi connectivity index (χ4n) is 4.53. The molecule has 13 heteroatoms. The number of carbonyl (C=O) groups excluding carboxylic acids is 1. The summed E-state index contributed by atoms with van der Waals surface area (Å²) in [7, 11) is 1.79. The second-order valence-corrected chi connectivity index (χ2v) is 10.7. The van der Waals surface area contributed by atoms with Gasteiger partial charge in [0.05, 0.1) is 31.3 Å². The predicted octanol–water partition coefficient (Wildman–Crippen LogP) is 3.31. The molecule has 0 radical (unpaired) electrons. The number of nitrogens with one attached hydrogen (secondary N) is 2. The Morgan fingerprint density at radius 3 is 2.33 bits per heavy atom. The first-order valence-electron chi connectivity index (χ1n) is 13.3. The van der Waals surface area contributed by atoms with Crippen molar-refractivity contribution in [2.24, 2.45) is 7.05 Å². The molecule has 0 aliphatic carbocycles. The number of ether oxygens (including phenoxy) is 2. The van der Waals surface area contributed by atoms with Gasteiger partial charge >= 0.3 is 6.03 Å². The fourth-order valence-corrected chi connectivity index (χ4v) is 5.52. The van der Waals surface area contributed by atoms with E-state index in [1.807, 2.05) is 24.3 Å². The molecule has 2 N–H and O–H groups in total. The molecule has 4 aromatic rings. The molecule has 6 rings (SSSR count). The van der Waals surface area contributed by atoms with Crippen LogP contribution in [0.4, 0.5) is 22.2 Å². The van der Waals surface area contributed by atoms with Crippen molar-refractivity contribution in [3.8, 4) is 22.1 Å². The van der Waals surface area contributed by atoms with Gasteiger partial charge in [0.15, 0.2) is 17.5 Å². The minimum atomic E-state index is -0.367. The molecule has 0 spiro atoms. The van der Waals surface area contributed by atoms with Crippen molar-refractivity contribution in [1.29, 1.82) is 0 Å². The number of nitrogens with zero attached hydrogens (tertiary/aromatic N) is 7. The number of thiophene rings is 1. The summed E-state index contributed by atoms with van der Waals surface area (Å²) in [5, 5.41) is 9.71. The summed E-state index contributed by atoms with van der Waals surface area (Å²) in [5.41, 5.74) is 1.48. The van der Waals surface area contributed by atoms with Gasteiger partial charge < -0.3 is 19.7 Å². The van der Waals surface area contributed by atoms with Gasteiger partial charge in [0.25, 0.3) is 0 Å². The van der Waals surface area contributed by atoms with Crippen molar-refractivity contribution in [3.63, 3.8) is 0 Å². The first-order chi connectivity index (χ1) is 19.6. The Morgan fingerprint density at radius 2 is 1.60 bits per heavy atom. The van der Waals surface area contributed by atoms with Gasteiger partial charge in [-0.25, -0.2) is 9.78 Å². The molecule has 0 atom stereocenters. The smallest absolute Gasteiger partial charge is 0.324 e. The van der Waals surface area contributed by atoms with Crippen molar-refractivity contribution in [1.82, 2.24) is 29.6 Å². The topological polar surface area (TPSA) is 123 Å². The van der Waals surface area contributed by atoms with Crippen molar-refractivity contribution >= 4 is 34.8 Å². The van der Waals surface area contributed by atoms with E-state index in [0.717, 1.165) is 56.4 Å². The summed E-state index contributed by atoms with van der Waals surface area (Å²) in [6.45, 7) is 7.07. The summed E-state index contributed by atoms with van der Waals surface area (Å²) in [6.07, 6.45) is 1.76. The molecule has 0 saturated carbocycles. The Bertz CT molecular complexity index is 1440. The van der Waals surface area contributed by atoms with E-state index in [1.54, 1.807) is 35.3 Å². The number of rotatable bonds is 7. The number of morpholine rings is 2. The number of hydrogen-bond acceptors (Lipinski definition) is 10. The van der Waals surface area contributed by atoms with Crippen molar-refractivity contribution in [3.05, 3.63) is 53.5 Å². The van der Waals surface area contributed by atoms with Gasteiger partial charge in [-0.3, -0.25) is 14.9 Å². The maximum atomic E-state index is 12.4. The lowest BCUT2D eigenvalue weighted by molar-refractivity contribution is 0.0346. The Morgan fingerprint density at radius 1 is 0.875 bits per heavy atom. The van der Waals surface area contributed by atoms with Crippen LogP contribution in [0.1, 0.15) is 4.88 Å². The van der Waals surface area contributed by atoms with Crippen molar-refractivity contribution in [2.75, 3.05) is 68.1 Å². The van der Waals surface area contributed by atoms with E-state index in [1.165, 1.54) is 4.88 Å². The zero-order chi connectivity index (χ0) is 27.3. The first kappa shape index (κ1) is 26.3. The molecule has 40 heavy (non-hydrogen) atoms. The van der Waals surface area contributed by atoms with Crippen LogP contribution >= 0.6 is 11.3 Å². The molecule has 208 valence electrons.